The van der Waals surface area contributed by atoms with Crippen LogP contribution in [0.15, 0.2) is 45.6 Å². The molecule has 0 saturated carbocycles. The predicted octanol–water partition coefficient (Wildman–Crippen LogP) is -3.48. The second-order valence-electron chi connectivity index (χ2n) is 12.9. The lowest BCUT2D eigenvalue weighted by atomic mass is 9.96. The first kappa shape index (κ1) is 39.5. The maximum absolute atomic E-state index is 14.1. The van der Waals surface area contributed by atoms with Gasteiger partial charge in [0.05, 0.1) is 12.7 Å². The molecule has 0 bridgehead atoms. The van der Waals surface area contributed by atoms with Gasteiger partial charge >= 0.3 is 5.97 Å². The molecule has 296 valence electrons. The number of phenolic OH excluding ortho intramolecular Hbond substituents is 3. The number of aliphatic carboxylic acids is 1. The van der Waals surface area contributed by atoms with Gasteiger partial charge < -0.3 is 94.1 Å². The average Bonchev–Trinajstić information content (AvgIpc) is 3.12. The van der Waals surface area contributed by atoms with E-state index in [0.717, 1.165) is 12.1 Å². The molecule has 0 amide bonds. The Balaban J connectivity index is 1.49. The zero-order chi connectivity index (χ0) is 39.3. The SMILES string of the molecule is CC1OC(OC2C(Oc3c(-c4ccc(O)cc4)oc4cc(O)cc(O)c4c3=O)OC(C(=O)O)C(O)C2OC2OC(CO)C(O)C(O)C2O)C(O)C(O)C1O. The summed E-state index contributed by atoms with van der Waals surface area (Å²) in [5.74, 6) is -4.57. The van der Waals surface area contributed by atoms with Gasteiger partial charge in [0, 0.05) is 17.7 Å². The highest BCUT2D eigenvalue weighted by atomic mass is 16.8. The quantitative estimate of drug-likeness (QED) is 0.100. The Morgan fingerprint density at radius 2 is 1.33 bits per heavy atom. The Labute approximate surface area is 302 Å². The number of carbonyl (C=O) groups is 1. The third kappa shape index (κ3) is 7.29. The topological polar surface area (TPSA) is 345 Å². The van der Waals surface area contributed by atoms with E-state index in [-0.39, 0.29) is 16.9 Å². The van der Waals surface area contributed by atoms with Gasteiger partial charge in [-0.25, -0.2) is 4.79 Å². The lowest BCUT2D eigenvalue weighted by molar-refractivity contribution is -0.380. The van der Waals surface area contributed by atoms with Crippen molar-refractivity contribution >= 4 is 16.9 Å². The summed E-state index contributed by atoms with van der Waals surface area (Å²) in [6, 6.07) is 6.78. The van der Waals surface area contributed by atoms with E-state index in [9.17, 15) is 70.9 Å². The fourth-order valence-electron chi connectivity index (χ4n) is 6.33. The van der Waals surface area contributed by atoms with Crippen LogP contribution >= 0.6 is 0 Å². The number of aromatic hydroxyl groups is 3. The molecule has 1 aromatic heterocycles. The summed E-state index contributed by atoms with van der Waals surface area (Å²) in [4.78, 5) is 26.6. The van der Waals surface area contributed by atoms with Gasteiger partial charge in [-0.3, -0.25) is 4.79 Å². The number of phenols is 3. The third-order valence-electron chi connectivity index (χ3n) is 9.28. The van der Waals surface area contributed by atoms with Crippen LogP contribution in [0, 0.1) is 0 Å². The van der Waals surface area contributed by atoms with E-state index >= 15 is 0 Å². The van der Waals surface area contributed by atoms with Crippen molar-refractivity contribution in [3.8, 4) is 34.3 Å². The van der Waals surface area contributed by atoms with Crippen LogP contribution in [0.3, 0.4) is 0 Å². The number of carboxylic acids is 1. The number of aliphatic hydroxyl groups is 8. The number of rotatable bonds is 9. The number of aliphatic hydroxyl groups excluding tert-OH is 8. The Morgan fingerprint density at radius 1 is 0.722 bits per heavy atom. The molecule has 3 aromatic rings. The molecule has 4 heterocycles. The summed E-state index contributed by atoms with van der Waals surface area (Å²) in [7, 11) is 0. The first-order valence-electron chi connectivity index (χ1n) is 16.4. The smallest absolute Gasteiger partial charge is 0.335 e. The van der Waals surface area contributed by atoms with Gasteiger partial charge in [-0.15, -0.1) is 0 Å². The molecule has 21 heteroatoms. The fourth-order valence-corrected chi connectivity index (χ4v) is 6.33. The Hall–Kier alpha value is -4.20. The first-order valence-corrected chi connectivity index (χ1v) is 16.4. The Bertz CT molecular complexity index is 1870. The van der Waals surface area contributed by atoms with E-state index in [1.54, 1.807) is 0 Å². The molecule has 2 aromatic carbocycles. The lowest BCUT2D eigenvalue weighted by Gasteiger charge is -2.48. The van der Waals surface area contributed by atoms with Crippen molar-refractivity contribution < 1.29 is 98.9 Å². The molecule has 3 saturated heterocycles. The largest absolute Gasteiger partial charge is 0.508 e. The van der Waals surface area contributed by atoms with Gasteiger partial charge in [0.2, 0.25) is 17.5 Å². The Morgan fingerprint density at radius 3 is 1.96 bits per heavy atom. The average molecular weight is 771 g/mol. The van der Waals surface area contributed by atoms with E-state index in [0.29, 0.717) is 0 Å². The maximum atomic E-state index is 14.1. The van der Waals surface area contributed by atoms with Crippen LogP contribution in [0.1, 0.15) is 6.92 Å². The minimum absolute atomic E-state index is 0.0406. The molecular formula is C33H38O21. The number of benzene rings is 2. The maximum Gasteiger partial charge on any atom is 0.335 e. The van der Waals surface area contributed by atoms with Crippen LogP contribution in [0.5, 0.6) is 23.0 Å². The molecule has 54 heavy (non-hydrogen) atoms. The van der Waals surface area contributed by atoms with E-state index < -0.39 is 139 Å². The second-order valence-corrected chi connectivity index (χ2v) is 12.9. The van der Waals surface area contributed by atoms with Crippen LogP contribution in [0.4, 0.5) is 0 Å². The predicted molar refractivity (Wildman–Crippen MR) is 172 cm³/mol. The second kappa shape index (κ2) is 15.5. The van der Waals surface area contributed by atoms with E-state index in [4.69, 9.17) is 32.8 Å². The molecule has 0 aliphatic carbocycles. The van der Waals surface area contributed by atoms with Crippen LogP contribution in [0.2, 0.25) is 0 Å². The highest BCUT2D eigenvalue weighted by Crippen LogP contribution is 2.39. The summed E-state index contributed by atoms with van der Waals surface area (Å²) < 4.78 is 40.1. The third-order valence-corrected chi connectivity index (χ3v) is 9.28. The van der Waals surface area contributed by atoms with Crippen molar-refractivity contribution in [3.05, 3.63) is 46.6 Å². The van der Waals surface area contributed by atoms with Gasteiger partial charge in [0.25, 0.3) is 0 Å². The van der Waals surface area contributed by atoms with Crippen LogP contribution in [0.25, 0.3) is 22.3 Å². The zero-order valence-electron chi connectivity index (χ0n) is 27.9. The molecule has 15 unspecified atom stereocenters. The lowest BCUT2D eigenvalue weighted by Crippen LogP contribution is -2.68. The van der Waals surface area contributed by atoms with E-state index in [1.165, 1.54) is 31.2 Å². The van der Waals surface area contributed by atoms with Crippen LogP contribution in [-0.4, -0.2) is 166 Å². The summed E-state index contributed by atoms with van der Waals surface area (Å²) in [5, 5.41) is 124. The standard InChI is InChI=1S/C33H38O21/c1-9-17(38)20(41)22(43)31(48-9)54-29-27(51-32-23(44)21(42)18(39)15(8-34)50-32)24(45)28(30(46)47)53-33(29)52-26-19(40)16-13(37)6-12(36)7-14(16)49-25(26)10-2-4-11(35)5-3-10/h2-7,9,15,17-18,20-24,27-29,31-39,41-45H,8H2,1H3,(H,46,47). The molecule has 3 aliphatic heterocycles. The van der Waals surface area contributed by atoms with Gasteiger partial charge in [0.1, 0.15) is 83.2 Å². The van der Waals surface area contributed by atoms with Crippen molar-refractivity contribution in [2.45, 2.75) is 99.0 Å². The van der Waals surface area contributed by atoms with Crippen molar-refractivity contribution in [2.75, 3.05) is 6.61 Å². The van der Waals surface area contributed by atoms with Crippen molar-refractivity contribution in [1.29, 1.82) is 0 Å². The molecule has 12 N–H and O–H groups in total. The molecule has 6 rings (SSSR count). The molecular weight excluding hydrogens is 732 g/mol. The van der Waals surface area contributed by atoms with Crippen molar-refractivity contribution in [3.63, 3.8) is 0 Å². The summed E-state index contributed by atoms with van der Waals surface area (Å²) in [5.41, 5.74) is -1.45. The van der Waals surface area contributed by atoms with Gasteiger partial charge in [0.15, 0.2) is 30.5 Å². The van der Waals surface area contributed by atoms with Gasteiger partial charge in [-0.05, 0) is 31.2 Å². The molecule has 0 radical (unpaired) electrons. The molecule has 3 aliphatic rings. The van der Waals surface area contributed by atoms with E-state index in [1.807, 2.05) is 0 Å². The normalized spacial score (nSPS) is 37.2. The van der Waals surface area contributed by atoms with Crippen molar-refractivity contribution in [2.24, 2.45) is 0 Å². The summed E-state index contributed by atoms with van der Waals surface area (Å²) in [6.07, 6.45) is -29.3. The zero-order valence-corrected chi connectivity index (χ0v) is 27.9. The molecule has 15 atom stereocenters. The summed E-state index contributed by atoms with van der Waals surface area (Å²) >= 11 is 0. The highest BCUT2D eigenvalue weighted by Gasteiger charge is 2.56. The fraction of sp³-hybridized carbons (Fsp3) is 0.515. The summed E-state index contributed by atoms with van der Waals surface area (Å²) in [6.45, 7) is 0.389. The highest BCUT2D eigenvalue weighted by molar-refractivity contribution is 5.88. The number of carboxylic acid groups (broad SMARTS) is 1. The Kier molecular flexibility index (Phi) is 11.3. The number of fused-ring (bicyclic) bond motifs is 1. The number of ether oxygens (including phenoxy) is 6. The van der Waals surface area contributed by atoms with Crippen LogP contribution < -0.4 is 10.2 Å². The minimum Gasteiger partial charge on any atom is -0.508 e. The van der Waals surface area contributed by atoms with Gasteiger partial charge in [-0.2, -0.15) is 0 Å². The van der Waals surface area contributed by atoms with Gasteiger partial charge in [-0.1, -0.05) is 0 Å². The van der Waals surface area contributed by atoms with Crippen molar-refractivity contribution in [1.82, 2.24) is 0 Å². The number of hydrogen-bond acceptors (Lipinski definition) is 20. The minimum atomic E-state index is -2.30. The molecule has 21 nitrogen and oxygen atoms in total. The molecule has 0 spiro atoms. The monoisotopic (exact) mass is 770 g/mol. The first-order chi connectivity index (χ1) is 25.5. The van der Waals surface area contributed by atoms with Crippen LogP contribution in [-0.2, 0) is 28.5 Å². The number of hydrogen-bond donors (Lipinski definition) is 12. The van der Waals surface area contributed by atoms with E-state index in [2.05, 4.69) is 0 Å². The molecule has 3 fully saturated rings.